The average Bonchev–Trinajstić information content (AvgIpc) is 3.09. The minimum absolute atomic E-state index is 0.0346. The van der Waals surface area contributed by atoms with E-state index < -0.39 is 0 Å². The van der Waals surface area contributed by atoms with Gasteiger partial charge in [-0.25, -0.2) is 4.39 Å². The lowest BCUT2D eigenvalue weighted by Crippen LogP contribution is -2.35. The van der Waals surface area contributed by atoms with Crippen molar-refractivity contribution in [3.8, 4) is 0 Å². The van der Waals surface area contributed by atoms with Gasteiger partial charge in [-0.3, -0.25) is 4.79 Å². The Labute approximate surface area is 177 Å². The molecule has 0 aliphatic carbocycles. The Hall–Kier alpha value is -2.66. The summed E-state index contributed by atoms with van der Waals surface area (Å²) in [5, 5.41) is 4.22. The number of amides is 1. The van der Waals surface area contributed by atoms with Crippen LogP contribution in [0.5, 0.6) is 0 Å². The quantitative estimate of drug-likeness (QED) is 0.601. The molecule has 2 aromatic carbocycles. The van der Waals surface area contributed by atoms with Crippen LogP contribution in [0.4, 0.5) is 10.1 Å². The number of hydrogen-bond donors (Lipinski definition) is 1. The molecular weight excluding hydrogens is 377 g/mol. The topological polar surface area (TPSA) is 37.3 Å². The highest BCUT2D eigenvalue weighted by molar-refractivity contribution is 5.94. The van der Waals surface area contributed by atoms with E-state index in [4.69, 9.17) is 0 Å². The zero-order valence-electron chi connectivity index (χ0n) is 17.8. The summed E-state index contributed by atoms with van der Waals surface area (Å²) in [5.74, 6) is -0.0695. The van der Waals surface area contributed by atoms with Crippen molar-refractivity contribution in [1.29, 1.82) is 0 Å². The summed E-state index contributed by atoms with van der Waals surface area (Å²) in [7, 11) is 0. The fourth-order valence-corrected chi connectivity index (χ4v) is 4.46. The molecule has 0 bridgehead atoms. The Kier molecular flexibility index (Phi) is 6.18. The molecular formula is C25H30FN3O. The third-order valence-electron chi connectivity index (χ3n) is 6.24. The van der Waals surface area contributed by atoms with Crippen LogP contribution in [0, 0.1) is 12.7 Å². The first-order chi connectivity index (χ1) is 14.5. The molecule has 0 unspecified atom stereocenters. The number of carbonyl (C=O) groups excluding carboxylic acids is 1. The predicted molar refractivity (Wildman–Crippen MR) is 120 cm³/mol. The molecule has 0 atom stereocenters. The Morgan fingerprint density at radius 3 is 2.67 bits per heavy atom. The maximum absolute atomic E-state index is 13.9. The van der Waals surface area contributed by atoms with E-state index in [1.165, 1.54) is 22.5 Å². The lowest BCUT2D eigenvalue weighted by atomic mass is 10.0. The van der Waals surface area contributed by atoms with E-state index in [0.717, 1.165) is 50.1 Å². The second-order valence-corrected chi connectivity index (χ2v) is 8.27. The molecule has 4 nitrogen and oxygen atoms in total. The molecule has 0 spiro atoms. The fourth-order valence-electron chi connectivity index (χ4n) is 4.46. The van der Waals surface area contributed by atoms with Crippen molar-refractivity contribution >= 4 is 22.5 Å². The zero-order chi connectivity index (χ0) is 21.1. The van der Waals surface area contributed by atoms with Crippen molar-refractivity contribution in [2.45, 2.75) is 45.6 Å². The third kappa shape index (κ3) is 4.41. The van der Waals surface area contributed by atoms with E-state index in [-0.39, 0.29) is 11.7 Å². The molecule has 0 saturated carbocycles. The monoisotopic (exact) mass is 407 g/mol. The van der Waals surface area contributed by atoms with Gasteiger partial charge in [-0.1, -0.05) is 31.2 Å². The number of hydrogen-bond acceptors (Lipinski definition) is 2. The molecule has 0 radical (unpaired) electrons. The minimum Gasteiger partial charge on any atom is -0.344 e. The van der Waals surface area contributed by atoms with Crippen LogP contribution in [0.25, 0.3) is 10.9 Å². The van der Waals surface area contributed by atoms with Gasteiger partial charge in [-0.15, -0.1) is 0 Å². The van der Waals surface area contributed by atoms with Gasteiger partial charge in [0.1, 0.15) is 5.82 Å². The van der Waals surface area contributed by atoms with E-state index in [1.54, 1.807) is 6.07 Å². The fraction of sp³-hybridized carbons (Fsp3) is 0.400. The molecule has 1 fully saturated rings. The van der Waals surface area contributed by atoms with E-state index in [1.807, 2.05) is 25.1 Å². The molecule has 1 aromatic heterocycles. The number of piperidine rings is 1. The van der Waals surface area contributed by atoms with Crippen LogP contribution in [-0.4, -0.2) is 35.0 Å². The zero-order valence-corrected chi connectivity index (χ0v) is 17.8. The number of aromatic nitrogens is 1. The Balaban J connectivity index is 1.43. The second kappa shape index (κ2) is 9.00. The number of benzene rings is 2. The van der Waals surface area contributed by atoms with Gasteiger partial charge in [0.2, 0.25) is 5.91 Å². The van der Waals surface area contributed by atoms with Crippen LogP contribution in [0.1, 0.15) is 43.4 Å². The number of nitrogens with zero attached hydrogens (tertiary/aromatic N) is 2. The third-order valence-corrected chi connectivity index (χ3v) is 6.24. The van der Waals surface area contributed by atoms with Gasteiger partial charge in [-0.05, 0) is 55.5 Å². The highest BCUT2D eigenvalue weighted by atomic mass is 19.1. The molecule has 3 aromatic rings. The number of anilines is 1. The maximum atomic E-state index is 13.9. The molecule has 1 amide bonds. The average molecular weight is 408 g/mol. The van der Waals surface area contributed by atoms with Gasteiger partial charge >= 0.3 is 0 Å². The lowest BCUT2D eigenvalue weighted by molar-refractivity contribution is -0.115. The number of rotatable bonds is 6. The summed E-state index contributed by atoms with van der Waals surface area (Å²) in [6, 6.07) is 13.7. The van der Waals surface area contributed by atoms with Gasteiger partial charge in [0, 0.05) is 49.4 Å². The normalized spacial score (nSPS) is 15.6. The highest BCUT2D eigenvalue weighted by Crippen LogP contribution is 2.31. The smallest absolute Gasteiger partial charge is 0.224 e. The van der Waals surface area contributed by atoms with Crippen molar-refractivity contribution in [3.05, 3.63) is 65.6 Å². The van der Waals surface area contributed by atoms with Crippen LogP contribution in [0.15, 0.2) is 48.7 Å². The number of likely N-dealkylation sites (tertiary alicyclic amines) is 1. The van der Waals surface area contributed by atoms with Gasteiger partial charge in [0.25, 0.3) is 0 Å². The summed E-state index contributed by atoms with van der Waals surface area (Å²) < 4.78 is 16.3. The van der Waals surface area contributed by atoms with Gasteiger partial charge in [0.05, 0.1) is 5.52 Å². The molecule has 30 heavy (non-hydrogen) atoms. The Morgan fingerprint density at radius 2 is 1.93 bits per heavy atom. The van der Waals surface area contributed by atoms with Gasteiger partial charge in [-0.2, -0.15) is 0 Å². The standard InChI is InChI=1S/C25H30FN3O/c1-3-25(30)27-20-8-9-22-18(2)17-29(24(22)16-20)21-11-14-28(15-12-21)13-10-19-6-4-5-7-23(19)26/h4-9,16-17,21H,3,10-15H2,1-2H3,(H,27,30). The number of fused-ring (bicyclic) bond motifs is 1. The van der Waals surface area contributed by atoms with Gasteiger partial charge in [0.15, 0.2) is 0 Å². The molecule has 2 heterocycles. The van der Waals surface area contributed by atoms with Crippen molar-refractivity contribution in [1.82, 2.24) is 9.47 Å². The molecule has 1 saturated heterocycles. The molecule has 1 N–H and O–H groups in total. The largest absolute Gasteiger partial charge is 0.344 e. The first-order valence-corrected chi connectivity index (χ1v) is 10.9. The van der Waals surface area contributed by atoms with E-state index >= 15 is 0 Å². The Bertz CT molecular complexity index is 1030. The van der Waals surface area contributed by atoms with Crippen LogP contribution in [0.3, 0.4) is 0 Å². The van der Waals surface area contributed by atoms with Gasteiger partial charge < -0.3 is 14.8 Å². The van der Waals surface area contributed by atoms with Crippen LogP contribution >= 0.6 is 0 Å². The van der Waals surface area contributed by atoms with Crippen LogP contribution in [0.2, 0.25) is 0 Å². The van der Waals surface area contributed by atoms with Crippen molar-refractivity contribution < 1.29 is 9.18 Å². The number of carbonyl (C=O) groups is 1. The predicted octanol–water partition coefficient (Wildman–Crippen LogP) is 5.32. The first kappa shape index (κ1) is 20.6. The summed E-state index contributed by atoms with van der Waals surface area (Å²) in [4.78, 5) is 14.2. The maximum Gasteiger partial charge on any atom is 0.224 e. The Morgan fingerprint density at radius 1 is 1.17 bits per heavy atom. The van der Waals surface area contributed by atoms with Crippen molar-refractivity contribution in [2.75, 3.05) is 25.0 Å². The molecule has 4 rings (SSSR count). The first-order valence-electron chi connectivity index (χ1n) is 10.9. The lowest BCUT2D eigenvalue weighted by Gasteiger charge is -2.33. The van der Waals surface area contributed by atoms with Crippen LogP contribution < -0.4 is 5.32 Å². The van der Waals surface area contributed by atoms with Crippen molar-refractivity contribution in [3.63, 3.8) is 0 Å². The highest BCUT2D eigenvalue weighted by Gasteiger charge is 2.22. The van der Waals surface area contributed by atoms with Crippen LogP contribution in [-0.2, 0) is 11.2 Å². The number of nitrogens with one attached hydrogen (secondary N) is 1. The van der Waals surface area contributed by atoms with Crippen molar-refractivity contribution in [2.24, 2.45) is 0 Å². The summed E-state index contributed by atoms with van der Waals surface area (Å²) in [6.07, 6.45) is 5.63. The number of aryl methyl sites for hydroxylation is 1. The van der Waals surface area contributed by atoms with E-state index in [9.17, 15) is 9.18 Å². The summed E-state index contributed by atoms with van der Waals surface area (Å²) >= 11 is 0. The molecule has 158 valence electrons. The SMILES string of the molecule is CCC(=O)Nc1ccc2c(C)cn(C3CCN(CCc4ccccc4F)CC3)c2c1. The summed E-state index contributed by atoms with van der Waals surface area (Å²) in [5.41, 5.74) is 4.11. The van der Waals surface area contributed by atoms with E-state index in [0.29, 0.717) is 12.5 Å². The molecule has 1 aliphatic rings. The molecule has 1 aliphatic heterocycles. The molecule has 5 heteroatoms. The minimum atomic E-state index is -0.104. The van der Waals surface area contributed by atoms with E-state index in [2.05, 4.69) is 40.0 Å². The number of halogens is 1. The second-order valence-electron chi connectivity index (χ2n) is 8.27. The summed E-state index contributed by atoms with van der Waals surface area (Å²) in [6.45, 7) is 6.94.